The van der Waals surface area contributed by atoms with Crippen molar-refractivity contribution in [3.63, 3.8) is 0 Å². The van der Waals surface area contributed by atoms with Crippen molar-refractivity contribution in [3.8, 4) is 0 Å². The number of thioether (sulfide) groups is 1. The molecular weight excluding hydrogens is 386 g/mol. The summed E-state index contributed by atoms with van der Waals surface area (Å²) >= 11 is 3.33. The van der Waals surface area contributed by atoms with Crippen LogP contribution < -0.4 is 5.32 Å². The number of aryl methyl sites for hydroxylation is 2. The summed E-state index contributed by atoms with van der Waals surface area (Å²) < 4.78 is 0. The van der Waals surface area contributed by atoms with Crippen LogP contribution in [0.15, 0.2) is 29.6 Å². The third kappa shape index (κ3) is 3.67. The van der Waals surface area contributed by atoms with Crippen molar-refractivity contribution >= 4 is 44.9 Å². The minimum absolute atomic E-state index is 0.00295. The zero-order valence-corrected chi connectivity index (χ0v) is 18.3. The van der Waals surface area contributed by atoms with Crippen LogP contribution in [0, 0.1) is 19.8 Å². The zero-order valence-electron chi connectivity index (χ0n) is 16.7. The highest BCUT2D eigenvalue weighted by Gasteiger charge is 2.25. The number of nitrogens with one attached hydrogen (secondary N) is 1. The van der Waals surface area contributed by atoms with E-state index in [1.54, 1.807) is 17.7 Å². The number of benzene rings is 1. The maximum atomic E-state index is 12.8. The first-order valence-corrected chi connectivity index (χ1v) is 11.4. The molecule has 2 heterocycles. The van der Waals surface area contributed by atoms with Crippen molar-refractivity contribution in [2.24, 2.45) is 5.92 Å². The van der Waals surface area contributed by atoms with Crippen molar-refractivity contribution in [1.29, 1.82) is 0 Å². The predicted octanol–water partition coefficient (Wildman–Crippen LogP) is 5.55. The van der Waals surface area contributed by atoms with E-state index in [9.17, 15) is 4.79 Å². The third-order valence-corrected chi connectivity index (χ3v) is 7.84. The molecule has 0 radical (unpaired) electrons. The fourth-order valence-electron chi connectivity index (χ4n) is 3.68. The molecule has 4 rings (SSSR count). The quantitative estimate of drug-likeness (QED) is 0.451. The molecule has 6 heteroatoms. The number of thiophene rings is 1. The second-order valence-corrected chi connectivity index (χ2v) is 10.1. The Labute approximate surface area is 174 Å². The van der Waals surface area contributed by atoms with E-state index in [2.05, 4.69) is 35.2 Å². The molecule has 4 nitrogen and oxygen atoms in total. The molecule has 1 amide bonds. The lowest BCUT2D eigenvalue weighted by molar-refractivity contribution is -0.115. The minimum Gasteiger partial charge on any atom is -0.325 e. The molecule has 0 fully saturated rings. The van der Waals surface area contributed by atoms with Gasteiger partial charge in [0.25, 0.3) is 0 Å². The molecule has 3 aromatic rings. The van der Waals surface area contributed by atoms with E-state index in [0.717, 1.165) is 39.9 Å². The van der Waals surface area contributed by atoms with E-state index in [0.29, 0.717) is 0 Å². The summed E-state index contributed by atoms with van der Waals surface area (Å²) in [6, 6.07) is 5.99. The van der Waals surface area contributed by atoms with Crippen molar-refractivity contribution in [1.82, 2.24) is 9.97 Å². The lowest BCUT2D eigenvalue weighted by Crippen LogP contribution is -2.23. The van der Waals surface area contributed by atoms with E-state index < -0.39 is 0 Å². The summed E-state index contributed by atoms with van der Waals surface area (Å²) in [6.07, 6.45) is 5.05. The highest BCUT2D eigenvalue weighted by atomic mass is 32.2. The van der Waals surface area contributed by atoms with Crippen LogP contribution in [0.4, 0.5) is 5.69 Å². The molecule has 1 N–H and O–H groups in total. The summed E-state index contributed by atoms with van der Waals surface area (Å²) in [7, 11) is 0. The Hall–Kier alpha value is -1.92. The predicted molar refractivity (Wildman–Crippen MR) is 118 cm³/mol. The number of hydrogen-bond acceptors (Lipinski definition) is 5. The lowest BCUT2D eigenvalue weighted by Gasteiger charge is -2.18. The number of carbonyl (C=O) groups is 1. The van der Waals surface area contributed by atoms with E-state index in [1.165, 1.54) is 39.6 Å². The molecule has 2 atom stereocenters. The Bertz CT molecular complexity index is 1040. The van der Waals surface area contributed by atoms with E-state index in [1.807, 2.05) is 26.0 Å². The SMILES string of the molecule is Cc1cccc(NC(=O)[C@@H](C)Sc2ncnc3sc4c(c23)CC[C@@H](C)C4)c1C. The van der Waals surface area contributed by atoms with Crippen LogP contribution in [-0.2, 0) is 17.6 Å². The third-order valence-electron chi connectivity index (χ3n) is 5.58. The van der Waals surface area contributed by atoms with Gasteiger partial charge >= 0.3 is 0 Å². The molecule has 0 spiro atoms. The van der Waals surface area contributed by atoms with Crippen LogP contribution in [-0.4, -0.2) is 21.1 Å². The van der Waals surface area contributed by atoms with Gasteiger partial charge in [-0.15, -0.1) is 11.3 Å². The summed E-state index contributed by atoms with van der Waals surface area (Å²) in [5.41, 5.74) is 4.57. The molecular formula is C22H25N3OS2. The second kappa shape index (κ2) is 7.84. The maximum Gasteiger partial charge on any atom is 0.237 e. The molecule has 0 saturated heterocycles. The standard InChI is InChI=1S/C22H25N3OS2/c1-12-8-9-16-18(10-12)28-22-19(16)21(23-11-24-22)27-15(4)20(26)25-17-7-5-6-13(2)14(17)3/h5-7,11-12,15H,8-10H2,1-4H3,(H,25,26)/t12-,15-/m1/s1. The monoisotopic (exact) mass is 411 g/mol. The first-order chi connectivity index (χ1) is 13.4. The number of rotatable bonds is 4. The molecule has 1 aliphatic rings. The fourth-order valence-corrected chi connectivity index (χ4v) is 6.04. The van der Waals surface area contributed by atoms with Crippen LogP contribution in [0.2, 0.25) is 0 Å². The Morgan fingerprint density at radius 1 is 1.32 bits per heavy atom. The van der Waals surface area contributed by atoms with Gasteiger partial charge in [0.2, 0.25) is 5.91 Å². The van der Waals surface area contributed by atoms with Gasteiger partial charge in [-0.1, -0.05) is 30.8 Å². The average Bonchev–Trinajstić information content (AvgIpc) is 3.03. The van der Waals surface area contributed by atoms with Crippen molar-refractivity contribution in [2.75, 3.05) is 5.32 Å². The van der Waals surface area contributed by atoms with Crippen LogP contribution >= 0.6 is 23.1 Å². The van der Waals surface area contributed by atoms with Gasteiger partial charge in [-0.05, 0) is 68.7 Å². The first-order valence-electron chi connectivity index (χ1n) is 9.73. The topological polar surface area (TPSA) is 54.9 Å². The van der Waals surface area contributed by atoms with Gasteiger partial charge in [0.1, 0.15) is 16.2 Å². The molecule has 1 aromatic carbocycles. The van der Waals surface area contributed by atoms with Crippen LogP contribution in [0.3, 0.4) is 0 Å². The van der Waals surface area contributed by atoms with Gasteiger partial charge in [0, 0.05) is 16.0 Å². The summed E-state index contributed by atoms with van der Waals surface area (Å²) in [5.74, 6) is 0.732. The first kappa shape index (κ1) is 19.4. The molecule has 0 bridgehead atoms. The second-order valence-electron chi connectivity index (χ2n) is 7.71. The lowest BCUT2D eigenvalue weighted by atomic mass is 9.89. The smallest absolute Gasteiger partial charge is 0.237 e. The number of nitrogens with zero attached hydrogens (tertiary/aromatic N) is 2. The Morgan fingerprint density at radius 2 is 2.14 bits per heavy atom. The van der Waals surface area contributed by atoms with Gasteiger partial charge < -0.3 is 5.32 Å². The van der Waals surface area contributed by atoms with Gasteiger partial charge in [-0.25, -0.2) is 9.97 Å². The molecule has 146 valence electrons. The van der Waals surface area contributed by atoms with E-state index in [4.69, 9.17) is 0 Å². The van der Waals surface area contributed by atoms with Gasteiger partial charge in [0.05, 0.1) is 5.25 Å². The Kier molecular flexibility index (Phi) is 5.43. The van der Waals surface area contributed by atoms with E-state index in [-0.39, 0.29) is 11.2 Å². The number of carbonyl (C=O) groups excluding carboxylic acids is 1. The van der Waals surface area contributed by atoms with Crippen molar-refractivity contribution in [3.05, 3.63) is 46.1 Å². The van der Waals surface area contributed by atoms with Gasteiger partial charge in [-0.3, -0.25) is 4.79 Å². The van der Waals surface area contributed by atoms with Crippen LogP contribution in [0.25, 0.3) is 10.2 Å². The molecule has 28 heavy (non-hydrogen) atoms. The van der Waals surface area contributed by atoms with Crippen LogP contribution in [0.5, 0.6) is 0 Å². The number of fused-ring (bicyclic) bond motifs is 3. The average molecular weight is 412 g/mol. The van der Waals surface area contributed by atoms with Crippen LogP contribution in [0.1, 0.15) is 41.8 Å². The largest absolute Gasteiger partial charge is 0.325 e. The highest BCUT2D eigenvalue weighted by molar-refractivity contribution is 8.00. The summed E-state index contributed by atoms with van der Waals surface area (Å²) in [5, 5.41) is 4.94. The molecule has 1 aliphatic carbocycles. The number of hydrogen-bond donors (Lipinski definition) is 1. The number of amides is 1. The molecule has 2 aromatic heterocycles. The normalized spacial score (nSPS) is 17.4. The number of aromatic nitrogens is 2. The molecule has 0 saturated carbocycles. The van der Waals surface area contributed by atoms with E-state index >= 15 is 0 Å². The molecule has 0 aliphatic heterocycles. The maximum absolute atomic E-state index is 12.8. The van der Waals surface area contributed by atoms with Crippen molar-refractivity contribution < 1.29 is 4.79 Å². The summed E-state index contributed by atoms with van der Waals surface area (Å²) in [6.45, 7) is 8.35. The molecule has 0 unspecified atom stereocenters. The Morgan fingerprint density at radius 3 is 2.96 bits per heavy atom. The summed E-state index contributed by atoms with van der Waals surface area (Å²) in [4.78, 5) is 24.4. The Balaban J connectivity index is 1.57. The van der Waals surface area contributed by atoms with Crippen molar-refractivity contribution in [2.45, 2.75) is 57.2 Å². The van der Waals surface area contributed by atoms with Gasteiger partial charge in [-0.2, -0.15) is 0 Å². The minimum atomic E-state index is -0.240. The highest BCUT2D eigenvalue weighted by Crippen LogP contribution is 2.41. The number of anilines is 1. The van der Waals surface area contributed by atoms with Gasteiger partial charge in [0.15, 0.2) is 0 Å². The zero-order chi connectivity index (χ0) is 19.8. The fraction of sp³-hybridized carbons (Fsp3) is 0.409.